The van der Waals surface area contributed by atoms with Crippen molar-refractivity contribution in [2.24, 2.45) is 0 Å². The summed E-state index contributed by atoms with van der Waals surface area (Å²) in [6.07, 6.45) is -16.8. The Bertz CT molecular complexity index is 1250. The Kier molecular flexibility index (Phi) is 12.1. The van der Waals surface area contributed by atoms with Crippen LogP contribution in [0.5, 0.6) is 0 Å². The molecular weight excluding hydrogens is 601 g/mol. The molecule has 0 unspecified atom stereocenters. The van der Waals surface area contributed by atoms with Gasteiger partial charge in [-0.15, -0.1) is 0 Å². The average Bonchev–Trinajstić information content (AvgIpc) is 3.06. The highest BCUT2D eigenvalue weighted by Crippen LogP contribution is 2.42. The van der Waals surface area contributed by atoms with Crippen LogP contribution in [-0.4, -0.2) is 139 Å². The van der Waals surface area contributed by atoms with Crippen molar-refractivity contribution in [1.29, 1.82) is 0 Å². The van der Waals surface area contributed by atoms with Gasteiger partial charge in [0.25, 0.3) is 0 Å². The Hall–Kier alpha value is -2.50. The first kappa shape index (κ1) is 35.4. The molecule has 12 nitrogen and oxygen atoms in total. The number of hydrogen-bond acceptors (Lipinski definition) is 12. The van der Waals surface area contributed by atoms with E-state index in [1.165, 1.54) is 0 Å². The predicted octanol–water partition coefficient (Wildman–Crippen LogP) is -1.73. The van der Waals surface area contributed by atoms with Gasteiger partial charge in [0.1, 0.15) is 48.1 Å². The topological polar surface area (TPSA) is 196 Å². The molecule has 5 rings (SSSR count). The highest BCUT2D eigenvalue weighted by atomic mass is 24.3. The summed E-state index contributed by atoms with van der Waals surface area (Å²) in [7, 11) is 0. The Morgan fingerprint density at radius 2 is 1.07 bits per heavy atom. The fourth-order valence-electron chi connectivity index (χ4n) is 5.81. The molecule has 240 valence electrons. The monoisotopic (exact) mass is 638 g/mol. The molecular formula is C32H38MgO12. The Balaban J connectivity index is 0.00000461. The Labute approximate surface area is 275 Å². The number of benzene rings is 3. The fraction of sp³-hybridized carbons (Fsp3) is 0.406. The van der Waals surface area contributed by atoms with Crippen LogP contribution in [0.15, 0.2) is 91.0 Å². The normalized spacial score (nSPS) is 31.9. The van der Waals surface area contributed by atoms with Crippen LogP contribution in [0.1, 0.15) is 16.7 Å². The summed E-state index contributed by atoms with van der Waals surface area (Å²) >= 11 is 0. The number of carbonyl (C=O) groups is 1. The highest BCUT2D eigenvalue weighted by Gasteiger charge is 2.54. The van der Waals surface area contributed by atoms with Crippen LogP contribution in [0.4, 0.5) is 0 Å². The molecule has 10 atom stereocenters. The van der Waals surface area contributed by atoms with Crippen molar-refractivity contribution in [3.05, 3.63) is 108 Å². The van der Waals surface area contributed by atoms with Crippen molar-refractivity contribution in [3.63, 3.8) is 0 Å². The molecule has 0 aromatic heterocycles. The summed E-state index contributed by atoms with van der Waals surface area (Å²) in [6.45, 7) is -1.51. The molecule has 2 aliphatic rings. The van der Waals surface area contributed by atoms with E-state index in [0.717, 1.165) is 0 Å². The second-order valence-corrected chi connectivity index (χ2v) is 10.8. The maximum atomic E-state index is 14.7. The number of aliphatic hydroxyl groups excluding tert-OH is 7. The third kappa shape index (κ3) is 6.81. The van der Waals surface area contributed by atoms with Crippen LogP contribution in [0.2, 0.25) is 0 Å². The van der Waals surface area contributed by atoms with Gasteiger partial charge < -0.3 is 54.7 Å². The van der Waals surface area contributed by atoms with E-state index in [2.05, 4.69) is 0 Å². The van der Waals surface area contributed by atoms with Crippen molar-refractivity contribution in [3.8, 4) is 0 Å². The minimum Gasteiger partial charge on any atom is -0.453 e. The first-order valence-corrected chi connectivity index (χ1v) is 14.2. The van der Waals surface area contributed by atoms with Gasteiger partial charge in [-0.05, 0) is 16.7 Å². The molecule has 0 bridgehead atoms. The van der Waals surface area contributed by atoms with Crippen molar-refractivity contribution in [2.45, 2.75) is 66.8 Å². The van der Waals surface area contributed by atoms with Gasteiger partial charge in [-0.2, -0.15) is 0 Å². The summed E-state index contributed by atoms with van der Waals surface area (Å²) in [5.74, 6) is -0.869. The van der Waals surface area contributed by atoms with E-state index in [0.29, 0.717) is 16.7 Å². The second-order valence-electron chi connectivity index (χ2n) is 10.8. The minimum atomic E-state index is -1.85. The Morgan fingerprint density at radius 3 is 1.51 bits per heavy atom. The van der Waals surface area contributed by atoms with Crippen LogP contribution < -0.4 is 0 Å². The van der Waals surface area contributed by atoms with E-state index in [4.69, 9.17) is 18.9 Å². The molecule has 2 aliphatic heterocycles. The van der Waals surface area contributed by atoms with E-state index < -0.39 is 86.0 Å². The zero-order chi connectivity index (χ0) is 31.4. The number of rotatable bonds is 9. The lowest BCUT2D eigenvalue weighted by Crippen LogP contribution is -2.65. The van der Waals surface area contributed by atoms with E-state index in [9.17, 15) is 40.5 Å². The summed E-state index contributed by atoms with van der Waals surface area (Å²) < 4.78 is 22.8. The van der Waals surface area contributed by atoms with Gasteiger partial charge in [-0.25, -0.2) is 0 Å². The van der Waals surface area contributed by atoms with Gasteiger partial charge in [-0.1, -0.05) is 91.0 Å². The molecule has 0 radical (unpaired) electrons. The van der Waals surface area contributed by atoms with Gasteiger partial charge in [0.15, 0.2) is 18.7 Å². The van der Waals surface area contributed by atoms with Crippen molar-refractivity contribution >= 4 is 29.0 Å². The molecule has 0 amide bonds. The van der Waals surface area contributed by atoms with Crippen LogP contribution in [-0.2, 0) is 29.2 Å². The van der Waals surface area contributed by atoms with E-state index in [1.807, 2.05) is 0 Å². The molecule has 2 saturated heterocycles. The van der Waals surface area contributed by atoms with Crippen LogP contribution in [0.25, 0.3) is 0 Å². The lowest BCUT2D eigenvalue weighted by Gasteiger charge is -2.46. The quantitative estimate of drug-likeness (QED) is 0.0797. The SMILES string of the molecule is O=C(O[C@H]1[C@H](O[C@H]2[C@H](O)[C@@H](O)[C@H](O)O[C@@H]2CO)O[C@H](CO)[C@H](O)[C@@H]1O)C(c1ccccc1)(c1ccccc1)c1ccccc1.[MgH2]. The number of aliphatic hydroxyl groups is 7. The molecule has 3 aromatic carbocycles. The van der Waals surface area contributed by atoms with Gasteiger partial charge in [0.05, 0.1) is 13.2 Å². The lowest BCUT2D eigenvalue weighted by atomic mass is 9.69. The molecule has 3 aromatic rings. The zero-order valence-electron chi connectivity index (χ0n) is 23.5. The molecule has 0 spiro atoms. The molecule has 7 N–H and O–H groups in total. The third-order valence-electron chi connectivity index (χ3n) is 8.12. The second kappa shape index (κ2) is 15.4. The number of esters is 1. The molecule has 13 heteroatoms. The summed E-state index contributed by atoms with van der Waals surface area (Å²) in [5.41, 5.74) is 0.0177. The number of ether oxygens (including phenoxy) is 4. The predicted molar refractivity (Wildman–Crippen MR) is 160 cm³/mol. The lowest BCUT2D eigenvalue weighted by molar-refractivity contribution is -0.356. The summed E-state index contributed by atoms with van der Waals surface area (Å²) in [4.78, 5) is 14.7. The van der Waals surface area contributed by atoms with Gasteiger partial charge >= 0.3 is 29.0 Å². The summed E-state index contributed by atoms with van der Waals surface area (Å²) in [6, 6.07) is 26.5. The van der Waals surface area contributed by atoms with E-state index >= 15 is 0 Å². The van der Waals surface area contributed by atoms with Crippen molar-refractivity contribution in [1.82, 2.24) is 0 Å². The van der Waals surface area contributed by atoms with Crippen LogP contribution in [0.3, 0.4) is 0 Å². The van der Waals surface area contributed by atoms with E-state index in [1.54, 1.807) is 91.0 Å². The molecule has 2 fully saturated rings. The minimum absolute atomic E-state index is 0. The van der Waals surface area contributed by atoms with Crippen LogP contribution in [0, 0.1) is 0 Å². The first-order chi connectivity index (χ1) is 21.2. The molecule has 0 aliphatic carbocycles. The molecule has 45 heavy (non-hydrogen) atoms. The largest absolute Gasteiger partial charge is 0.453 e. The standard InChI is InChI=1S/C32H36O12.Mg.2H/c33-16-21-23(35)24(36)28(30(42-21)43-27-22(17-34)41-29(39)26(38)25(27)37)44-31(40)32(18-10-4-1-5-11-18,19-12-6-2-7-13-19)20-14-8-3-9-15-20;;;/h1-15,21-30,33-39H,16-17H2;;;/t21-,22-,23+,24+,25-,26-,27-,28-,29-,30+;;;/m1.../s1. The maximum Gasteiger partial charge on any atom is 0.326 e. The third-order valence-corrected chi connectivity index (χ3v) is 8.12. The fourth-order valence-corrected chi connectivity index (χ4v) is 5.81. The molecule has 0 saturated carbocycles. The highest BCUT2D eigenvalue weighted by molar-refractivity contribution is 5.92. The first-order valence-electron chi connectivity index (χ1n) is 14.2. The zero-order valence-corrected chi connectivity index (χ0v) is 23.5. The van der Waals surface area contributed by atoms with Crippen molar-refractivity contribution in [2.75, 3.05) is 13.2 Å². The number of carbonyl (C=O) groups excluding carboxylic acids is 1. The van der Waals surface area contributed by atoms with Gasteiger partial charge in [0, 0.05) is 0 Å². The van der Waals surface area contributed by atoms with Crippen LogP contribution >= 0.6 is 0 Å². The molecule has 2 heterocycles. The summed E-state index contributed by atoms with van der Waals surface area (Å²) in [5, 5.41) is 72.4. The van der Waals surface area contributed by atoms with Gasteiger partial charge in [-0.3, -0.25) is 4.79 Å². The van der Waals surface area contributed by atoms with E-state index in [-0.39, 0.29) is 23.1 Å². The van der Waals surface area contributed by atoms with Crippen molar-refractivity contribution < 1.29 is 59.5 Å². The van der Waals surface area contributed by atoms with Gasteiger partial charge in [0.2, 0.25) is 0 Å². The maximum absolute atomic E-state index is 14.7. The average molecular weight is 639 g/mol. The number of hydrogen-bond donors (Lipinski definition) is 7. The Morgan fingerprint density at radius 1 is 0.622 bits per heavy atom. The smallest absolute Gasteiger partial charge is 0.326 e.